The van der Waals surface area contributed by atoms with Gasteiger partial charge in [-0.25, -0.2) is 17.7 Å². The molecule has 6 nitrogen and oxygen atoms in total. The molecule has 1 aliphatic rings. The van der Waals surface area contributed by atoms with Gasteiger partial charge in [-0.3, -0.25) is 4.79 Å². The quantitative estimate of drug-likeness (QED) is 0.866. The van der Waals surface area contributed by atoms with Crippen LogP contribution >= 0.6 is 0 Å². The molecule has 0 bridgehead atoms. The van der Waals surface area contributed by atoms with Crippen molar-refractivity contribution >= 4 is 21.7 Å². The number of unbranched alkanes of at least 4 members (excludes halogenated alkanes) is 1. The Balaban J connectivity index is 1.85. The fraction of sp³-hybridized carbons (Fsp3) is 0.600. The van der Waals surface area contributed by atoms with Gasteiger partial charge in [-0.2, -0.15) is 0 Å². The molecular weight excluding hydrogens is 302 g/mol. The van der Waals surface area contributed by atoms with Gasteiger partial charge in [0.15, 0.2) is 0 Å². The largest absolute Gasteiger partial charge is 0.310 e. The second kappa shape index (κ2) is 7.69. The van der Waals surface area contributed by atoms with Crippen LogP contribution in [0, 0.1) is 5.92 Å². The maximum atomic E-state index is 12.2. The molecule has 7 heteroatoms. The average Bonchev–Trinajstić information content (AvgIpc) is 2.54. The summed E-state index contributed by atoms with van der Waals surface area (Å²) in [6, 6.07) is 5.34. The third-order valence-electron chi connectivity index (χ3n) is 3.89. The number of anilines is 1. The van der Waals surface area contributed by atoms with Crippen LogP contribution in [0.3, 0.4) is 0 Å². The fourth-order valence-electron chi connectivity index (χ4n) is 2.52. The van der Waals surface area contributed by atoms with Crippen molar-refractivity contribution in [3.8, 4) is 0 Å². The number of nitrogens with one attached hydrogen (secondary N) is 1. The van der Waals surface area contributed by atoms with Gasteiger partial charge in [0.25, 0.3) is 0 Å². The first-order valence-corrected chi connectivity index (χ1v) is 9.33. The number of hydrogen-bond donors (Lipinski definition) is 1. The minimum Gasteiger partial charge on any atom is -0.310 e. The molecule has 1 aliphatic heterocycles. The summed E-state index contributed by atoms with van der Waals surface area (Å²) >= 11 is 0. The van der Waals surface area contributed by atoms with Gasteiger partial charge >= 0.3 is 0 Å². The molecule has 1 aromatic heterocycles. The minimum absolute atomic E-state index is 0.0793. The van der Waals surface area contributed by atoms with Crippen molar-refractivity contribution < 1.29 is 13.2 Å². The molecule has 1 saturated heterocycles. The Hall–Kier alpha value is -1.47. The molecule has 122 valence electrons. The standard InChI is InChI=1S/C15H23N3O3S/c1-2-3-12-22(20,21)18-10-7-13(8-11-18)15(19)17-14-6-4-5-9-16-14/h4-6,9,13H,2-3,7-8,10-12H2,1H3,(H,16,17,19). The summed E-state index contributed by atoms with van der Waals surface area (Å²) < 4.78 is 25.8. The molecule has 0 radical (unpaired) electrons. The van der Waals surface area contributed by atoms with Crippen molar-refractivity contribution in [1.29, 1.82) is 0 Å². The molecule has 22 heavy (non-hydrogen) atoms. The molecule has 1 aromatic rings. The summed E-state index contributed by atoms with van der Waals surface area (Å²) in [5.74, 6) is 0.503. The Kier molecular flexibility index (Phi) is 5.90. The minimum atomic E-state index is -3.16. The number of amides is 1. The Morgan fingerprint density at radius 1 is 1.36 bits per heavy atom. The highest BCUT2D eigenvalue weighted by Crippen LogP contribution is 2.21. The first kappa shape index (κ1) is 16.9. The topological polar surface area (TPSA) is 79.4 Å². The zero-order chi connectivity index (χ0) is 16.0. The lowest BCUT2D eigenvalue weighted by molar-refractivity contribution is -0.120. The Morgan fingerprint density at radius 2 is 2.09 bits per heavy atom. The van der Waals surface area contributed by atoms with Gasteiger partial charge in [-0.1, -0.05) is 19.4 Å². The van der Waals surface area contributed by atoms with Crippen LogP contribution in [-0.2, 0) is 14.8 Å². The number of nitrogens with zero attached hydrogens (tertiary/aromatic N) is 2. The second-order valence-electron chi connectivity index (χ2n) is 5.55. The van der Waals surface area contributed by atoms with E-state index >= 15 is 0 Å². The zero-order valence-electron chi connectivity index (χ0n) is 12.9. The normalized spacial score (nSPS) is 17.3. The van der Waals surface area contributed by atoms with Crippen LogP contribution in [0.4, 0.5) is 5.82 Å². The SMILES string of the molecule is CCCCS(=O)(=O)N1CCC(C(=O)Nc2ccccn2)CC1. The lowest BCUT2D eigenvalue weighted by atomic mass is 9.97. The molecule has 0 spiro atoms. The smallest absolute Gasteiger partial charge is 0.228 e. The molecule has 2 rings (SSSR count). The third kappa shape index (κ3) is 4.51. The lowest BCUT2D eigenvalue weighted by Gasteiger charge is -2.30. The summed E-state index contributed by atoms with van der Waals surface area (Å²) in [4.78, 5) is 16.2. The van der Waals surface area contributed by atoms with Crippen LogP contribution < -0.4 is 5.32 Å². The molecule has 0 atom stereocenters. The van der Waals surface area contributed by atoms with Crippen molar-refractivity contribution in [1.82, 2.24) is 9.29 Å². The van der Waals surface area contributed by atoms with E-state index < -0.39 is 10.0 Å². The number of sulfonamides is 1. The average molecular weight is 325 g/mol. The van der Waals surface area contributed by atoms with E-state index in [-0.39, 0.29) is 17.6 Å². The summed E-state index contributed by atoms with van der Waals surface area (Å²) in [6.07, 6.45) is 4.29. The van der Waals surface area contributed by atoms with E-state index in [9.17, 15) is 13.2 Å². The fourth-order valence-corrected chi connectivity index (χ4v) is 4.20. The van der Waals surface area contributed by atoms with Crippen LogP contribution in [-0.4, -0.2) is 42.5 Å². The van der Waals surface area contributed by atoms with Crippen LogP contribution in [0.25, 0.3) is 0 Å². The van der Waals surface area contributed by atoms with Crippen LogP contribution in [0.15, 0.2) is 24.4 Å². The molecular formula is C15H23N3O3S. The van der Waals surface area contributed by atoms with Crippen molar-refractivity contribution in [3.63, 3.8) is 0 Å². The molecule has 0 aliphatic carbocycles. The molecule has 1 fully saturated rings. The third-order valence-corrected chi connectivity index (χ3v) is 5.85. The van der Waals surface area contributed by atoms with Crippen LogP contribution in [0.2, 0.25) is 0 Å². The Bertz CT molecular complexity index is 581. The van der Waals surface area contributed by atoms with E-state index in [0.717, 1.165) is 6.42 Å². The molecule has 2 heterocycles. The van der Waals surface area contributed by atoms with Crippen LogP contribution in [0.1, 0.15) is 32.6 Å². The van der Waals surface area contributed by atoms with E-state index in [4.69, 9.17) is 0 Å². The number of hydrogen-bond acceptors (Lipinski definition) is 4. The van der Waals surface area contributed by atoms with Gasteiger partial charge in [0.1, 0.15) is 5.82 Å². The molecule has 0 unspecified atom stereocenters. The van der Waals surface area contributed by atoms with E-state index in [0.29, 0.717) is 38.2 Å². The van der Waals surface area contributed by atoms with Gasteiger partial charge in [-0.05, 0) is 31.4 Å². The van der Waals surface area contributed by atoms with Gasteiger partial charge in [0.05, 0.1) is 5.75 Å². The maximum absolute atomic E-state index is 12.2. The highest BCUT2D eigenvalue weighted by Gasteiger charge is 2.30. The maximum Gasteiger partial charge on any atom is 0.228 e. The first-order chi connectivity index (χ1) is 10.5. The predicted molar refractivity (Wildman–Crippen MR) is 85.9 cm³/mol. The monoisotopic (exact) mass is 325 g/mol. The van der Waals surface area contributed by atoms with Crippen LogP contribution in [0.5, 0.6) is 0 Å². The van der Waals surface area contributed by atoms with E-state index in [1.54, 1.807) is 18.3 Å². The predicted octanol–water partition coefficient (Wildman–Crippen LogP) is 1.86. The number of piperidine rings is 1. The summed E-state index contributed by atoms with van der Waals surface area (Å²) in [6.45, 7) is 2.82. The van der Waals surface area contributed by atoms with E-state index in [2.05, 4.69) is 10.3 Å². The van der Waals surface area contributed by atoms with E-state index in [1.165, 1.54) is 4.31 Å². The zero-order valence-corrected chi connectivity index (χ0v) is 13.7. The van der Waals surface area contributed by atoms with Crippen molar-refractivity contribution in [2.75, 3.05) is 24.2 Å². The molecule has 0 saturated carbocycles. The number of aromatic nitrogens is 1. The lowest BCUT2D eigenvalue weighted by Crippen LogP contribution is -2.42. The second-order valence-corrected chi connectivity index (χ2v) is 7.64. The first-order valence-electron chi connectivity index (χ1n) is 7.72. The van der Waals surface area contributed by atoms with Gasteiger partial charge in [-0.15, -0.1) is 0 Å². The highest BCUT2D eigenvalue weighted by atomic mass is 32.2. The summed E-state index contributed by atoms with van der Waals surface area (Å²) in [7, 11) is -3.16. The van der Waals surface area contributed by atoms with E-state index in [1.807, 2.05) is 13.0 Å². The Morgan fingerprint density at radius 3 is 2.68 bits per heavy atom. The van der Waals surface area contributed by atoms with Crippen molar-refractivity contribution in [2.45, 2.75) is 32.6 Å². The summed E-state index contributed by atoms with van der Waals surface area (Å²) in [5.41, 5.74) is 0. The number of rotatable bonds is 6. The van der Waals surface area contributed by atoms with Gasteiger partial charge < -0.3 is 5.32 Å². The van der Waals surface area contributed by atoms with Crippen molar-refractivity contribution in [3.05, 3.63) is 24.4 Å². The summed E-state index contributed by atoms with van der Waals surface area (Å²) in [5, 5.41) is 2.78. The van der Waals surface area contributed by atoms with Gasteiger partial charge in [0, 0.05) is 25.2 Å². The van der Waals surface area contributed by atoms with Gasteiger partial charge in [0.2, 0.25) is 15.9 Å². The number of carbonyl (C=O) groups excluding carboxylic acids is 1. The highest BCUT2D eigenvalue weighted by molar-refractivity contribution is 7.89. The molecule has 1 N–H and O–H groups in total. The number of pyridine rings is 1. The molecule has 1 amide bonds. The van der Waals surface area contributed by atoms with Crippen molar-refractivity contribution in [2.24, 2.45) is 5.92 Å². The Labute approximate surface area is 132 Å². The molecule has 0 aromatic carbocycles. The number of carbonyl (C=O) groups is 1.